The highest BCUT2D eigenvalue weighted by Crippen LogP contribution is 2.24. The van der Waals surface area contributed by atoms with Gasteiger partial charge in [-0.3, -0.25) is 4.79 Å². The van der Waals surface area contributed by atoms with Gasteiger partial charge in [-0.1, -0.05) is 29.2 Å². The van der Waals surface area contributed by atoms with Crippen molar-refractivity contribution in [3.63, 3.8) is 0 Å². The van der Waals surface area contributed by atoms with E-state index in [1.807, 2.05) is 18.2 Å². The Morgan fingerprint density at radius 3 is 3.24 bits per heavy atom. The number of fused-ring (bicyclic) bond motifs is 1. The van der Waals surface area contributed by atoms with Gasteiger partial charge >= 0.3 is 0 Å². The van der Waals surface area contributed by atoms with Crippen molar-refractivity contribution < 1.29 is 9.53 Å². The number of rotatable bonds is 5. The van der Waals surface area contributed by atoms with E-state index in [1.165, 1.54) is 29.4 Å². The minimum absolute atomic E-state index is 0.0979. The molecule has 3 aromatic rings. The van der Waals surface area contributed by atoms with Crippen molar-refractivity contribution >= 4 is 39.7 Å². The van der Waals surface area contributed by atoms with E-state index in [0.29, 0.717) is 16.4 Å². The Balaban J connectivity index is 1.57. The summed E-state index contributed by atoms with van der Waals surface area (Å²) in [5.74, 6) is 0.884. The predicted octanol–water partition coefficient (Wildman–Crippen LogP) is 1.93. The van der Waals surface area contributed by atoms with Crippen LogP contribution < -0.4 is 10.1 Å². The van der Waals surface area contributed by atoms with Crippen molar-refractivity contribution in [3.05, 3.63) is 30.6 Å². The minimum atomic E-state index is -0.0979. The van der Waals surface area contributed by atoms with Gasteiger partial charge in [0.25, 0.3) is 0 Å². The Morgan fingerprint density at radius 1 is 1.52 bits per heavy atom. The number of ether oxygens (including phenoxy) is 1. The summed E-state index contributed by atoms with van der Waals surface area (Å²) in [5, 5.41) is 14.7. The maximum atomic E-state index is 11.9. The van der Waals surface area contributed by atoms with Crippen LogP contribution in [0.4, 0.5) is 5.69 Å². The van der Waals surface area contributed by atoms with Crippen molar-refractivity contribution in [3.8, 4) is 5.75 Å². The molecule has 0 saturated carbocycles. The van der Waals surface area contributed by atoms with Crippen molar-refractivity contribution in [1.82, 2.24) is 19.8 Å². The minimum Gasteiger partial charge on any atom is -0.497 e. The lowest BCUT2D eigenvalue weighted by Gasteiger charge is -2.06. The van der Waals surface area contributed by atoms with Crippen LogP contribution in [0, 0.1) is 0 Å². The first-order valence-corrected chi connectivity index (χ1v) is 7.78. The summed E-state index contributed by atoms with van der Waals surface area (Å²) < 4.78 is 7.48. The molecule has 0 spiro atoms. The summed E-state index contributed by atoms with van der Waals surface area (Å²) in [5.41, 5.74) is 0.707. The van der Waals surface area contributed by atoms with Gasteiger partial charge in [-0.05, 0) is 12.1 Å². The van der Waals surface area contributed by atoms with Crippen LogP contribution in [0.3, 0.4) is 0 Å². The van der Waals surface area contributed by atoms with E-state index in [4.69, 9.17) is 4.74 Å². The zero-order valence-corrected chi connectivity index (χ0v) is 12.6. The van der Waals surface area contributed by atoms with Crippen molar-refractivity contribution in [1.29, 1.82) is 0 Å². The molecule has 0 aliphatic rings. The number of hydrogen-bond acceptors (Lipinski definition) is 7. The van der Waals surface area contributed by atoms with Crippen LogP contribution >= 0.6 is 23.1 Å². The Kier molecular flexibility index (Phi) is 4.02. The van der Waals surface area contributed by atoms with Crippen LogP contribution in [-0.2, 0) is 4.79 Å². The highest BCUT2D eigenvalue weighted by molar-refractivity contribution is 8.01. The van der Waals surface area contributed by atoms with Gasteiger partial charge in [0, 0.05) is 11.8 Å². The van der Waals surface area contributed by atoms with Gasteiger partial charge in [0.1, 0.15) is 12.1 Å². The molecule has 1 N–H and O–H groups in total. The first kappa shape index (κ1) is 13.8. The van der Waals surface area contributed by atoms with E-state index in [9.17, 15) is 4.79 Å². The van der Waals surface area contributed by atoms with Gasteiger partial charge in [0.15, 0.2) is 4.34 Å². The van der Waals surface area contributed by atoms with Crippen molar-refractivity contribution in [2.45, 2.75) is 4.34 Å². The molecular weight excluding hydrogens is 310 g/mol. The number of thioether (sulfide) groups is 1. The van der Waals surface area contributed by atoms with Crippen molar-refractivity contribution in [2.75, 3.05) is 18.2 Å². The number of nitrogens with one attached hydrogen (secondary N) is 1. The normalized spacial score (nSPS) is 10.7. The second kappa shape index (κ2) is 6.10. The number of methoxy groups -OCH3 is 1. The molecule has 0 saturated heterocycles. The highest BCUT2D eigenvalue weighted by Gasteiger charge is 2.09. The molecule has 3 rings (SSSR count). The monoisotopic (exact) mass is 321 g/mol. The molecule has 0 aliphatic carbocycles. The predicted molar refractivity (Wildman–Crippen MR) is 81.0 cm³/mol. The van der Waals surface area contributed by atoms with Gasteiger partial charge < -0.3 is 10.1 Å². The maximum absolute atomic E-state index is 11.9. The third kappa shape index (κ3) is 3.31. The van der Waals surface area contributed by atoms with Crippen LogP contribution in [0.25, 0.3) is 4.96 Å². The Bertz CT molecular complexity index is 741. The zero-order valence-electron chi connectivity index (χ0n) is 11.0. The van der Waals surface area contributed by atoms with Gasteiger partial charge in [-0.15, -0.1) is 15.3 Å². The molecule has 2 aromatic heterocycles. The number of carbonyl (C=O) groups excluding carboxylic acids is 1. The molecule has 0 atom stereocenters. The first-order valence-electron chi connectivity index (χ1n) is 5.98. The Morgan fingerprint density at radius 2 is 2.43 bits per heavy atom. The molecule has 1 amide bonds. The molecule has 7 nitrogen and oxygen atoms in total. The van der Waals surface area contributed by atoms with Crippen LogP contribution in [0.15, 0.2) is 34.9 Å². The van der Waals surface area contributed by atoms with E-state index in [0.717, 1.165) is 4.34 Å². The number of carbonyl (C=O) groups is 1. The summed E-state index contributed by atoms with van der Waals surface area (Å²) in [6, 6.07) is 7.23. The van der Waals surface area contributed by atoms with Crippen molar-refractivity contribution in [2.24, 2.45) is 0 Å². The lowest BCUT2D eigenvalue weighted by atomic mass is 10.3. The topological polar surface area (TPSA) is 81.4 Å². The van der Waals surface area contributed by atoms with E-state index in [-0.39, 0.29) is 11.7 Å². The van der Waals surface area contributed by atoms with Gasteiger partial charge in [0.2, 0.25) is 10.9 Å². The van der Waals surface area contributed by atoms with Crippen LogP contribution in [-0.4, -0.2) is 38.6 Å². The second-order valence-corrected chi connectivity index (χ2v) is 6.17. The van der Waals surface area contributed by atoms with Crippen LogP contribution in [0.5, 0.6) is 5.75 Å². The standard InChI is InChI=1S/C12H11N5O2S2/c1-19-9-4-2-3-8(5-9)14-10(18)6-20-12-16-17-7-13-15-11(17)21-12/h2-5,7H,6H2,1H3,(H,14,18). The number of benzene rings is 1. The quantitative estimate of drug-likeness (QED) is 0.723. The lowest BCUT2D eigenvalue weighted by Crippen LogP contribution is -2.13. The number of nitrogens with zero attached hydrogens (tertiary/aromatic N) is 4. The molecule has 1 aromatic carbocycles. The Hall–Kier alpha value is -2.13. The summed E-state index contributed by atoms with van der Waals surface area (Å²) in [6.45, 7) is 0. The second-order valence-electron chi connectivity index (χ2n) is 3.99. The fraction of sp³-hybridized carbons (Fsp3) is 0.167. The third-order valence-corrected chi connectivity index (χ3v) is 4.59. The zero-order chi connectivity index (χ0) is 14.7. The molecular formula is C12H11N5O2S2. The summed E-state index contributed by atoms with van der Waals surface area (Å²) >= 11 is 2.76. The van der Waals surface area contributed by atoms with Gasteiger partial charge in [-0.2, -0.15) is 4.52 Å². The van der Waals surface area contributed by atoms with Gasteiger partial charge in [0.05, 0.1) is 12.9 Å². The number of aromatic nitrogens is 4. The summed E-state index contributed by atoms with van der Waals surface area (Å²) in [4.78, 5) is 12.6. The number of amides is 1. The molecule has 0 bridgehead atoms. The largest absolute Gasteiger partial charge is 0.497 e. The third-order valence-electron chi connectivity index (χ3n) is 2.55. The lowest BCUT2D eigenvalue weighted by molar-refractivity contribution is -0.113. The SMILES string of the molecule is COc1cccc(NC(=O)CSc2nn3cnnc3s2)c1. The number of anilines is 1. The van der Waals surface area contributed by atoms with E-state index in [1.54, 1.807) is 17.7 Å². The van der Waals surface area contributed by atoms with E-state index >= 15 is 0 Å². The maximum Gasteiger partial charge on any atom is 0.235 e. The highest BCUT2D eigenvalue weighted by atomic mass is 32.2. The molecule has 0 aliphatic heterocycles. The summed E-state index contributed by atoms with van der Waals surface area (Å²) in [6.07, 6.45) is 1.53. The van der Waals surface area contributed by atoms with Crippen LogP contribution in [0.2, 0.25) is 0 Å². The van der Waals surface area contributed by atoms with Crippen LogP contribution in [0.1, 0.15) is 0 Å². The van der Waals surface area contributed by atoms with Gasteiger partial charge in [-0.25, -0.2) is 0 Å². The first-order chi connectivity index (χ1) is 10.2. The average Bonchev–Trinajstić information content (AvgIpc) is 3.06. The molecule has 2 heterocycles. The molecule has 0 radical (unpaired) electrons. The summed E-state index contributed by atoms with van der Waals surface area (Å²) in [7, 11) is 1.59. The van der Waals surface area contributed by atoms with E-state index < -0.39 is 0 Å². The molecule has 0 fully saturated rings. The van der Waals surface area contributed by atoms with E-state index in [2.05, 4.69) is 20.6 Å². The molecule has 108 valence electrons. The fourth-order valence-electron chi connectivity index (χ4n) is 1.63. The fourth-order valence-corrected chi connectivity index (χ4v) is 3.29. The average molecular weight is 321 g/mol. The molecule has 0 unspecified atom stereocenters. The Labute approximate surface area is 128 Å². The molecule has 9 heteroatoms. The number of hydrogen-bond donors (Lipinski definition) is 1. The smallest absolute Gasteiger partial charge is 0.235 e. The molecule has 21 heavy (non-hydrogen) atoms.